The predicted molar refractivity (Wildman–Crippen MR) is 149 cm³/mol. The molecule has 0 bridgehead atoms. The highest BCUT2D eigenvalue weighted by Crippen LogP contribution is 2.38. The Morgan fingerprint density at radius 1 is 0.868 bits per heavy atom. The van der Waals surface area contributed by atoms with E-state index >= 15 is 0 Å². The summed E-state index contributed by atoms with van der Waals surface area (Å²) < 4.78 is 7.11. The molecule has 4 aromatic rings. The molecule has 0 aliphatic carbocycles. The maximum Gasteiger partial charge on any atom is 0.261 e. The van der Waals surface area contributed by atoms with Crippen LogP contribution in [0.4, 0.5) is 17.2 Å². The van der Waals surface area contributed by atoms with E-state index in [1.807, 2.05) is 81.4 Å². The first-order valence-corrected chi connectivity index (χ1v) is 12.3. The second kappa shape index (κ2) is 10.3. The van der Waals surface area contributed by atoms with Crippen LogP contribution in [-0.2, 0) is 4.79 Å². The summed E-state index contributed by atoms with van der Waals surface area (Å²) in [6.45, 7) is 5.83. The summed E-state index contributed by atoms with van der Waals surface area (Å²) in [5, 5.41) is 13.8. The van der Waals surface area contributed by atoms with Crippen molar-refractivity contribution >= 4 is 29.0 Å². The number of allylic oxidation sites excluding steroid dienone is 1. The van der Waals surface area contributed by atoms with Gasteiger partial charge in [-0.1, -0.05) is 59.7 Å². The summed E-state index contributed by atoms with van der Waals surface area (Å²) in [4.78, 5) is 27.0. The summed E-state index contributed by atoms with van der Waals surface area (Å²) in [6, 6.07) is 22.2. The molecular weight excluding hydrogens is 478 g/mol. The van der Waals surface area contributed by atoms with Crippen LogP contribution < -0.4 is 20.7 Å². The zero-order chi connectivity index (χ0) is 26.8. The molecule has 0 fully saturated rings. The minimum Gasteiger partial charge on any atom is -0.495 e. The van der Waals surface area contributed by atoms with E-state index in [9.17, 15) is 9.59 Å². The van der Waals surface area contributed by atoms with Gasteiger partial charge in [-0.15, -0.1) is 0 Å². The van der Waals surface area contributed by atoms with Crippen LogP contribution in [0.1, 0.15) is 40.0 Å². The molecule has 1 aliphatic rings. The number of nitrogens with zero attached hydrogens (tertiary/aromatic N) is 2. The van der Waals surface area contributed by atoms with Gasteiger partial charge in [0.25, 0.3) is 11.8 Å². The van der Waals surface area contributed by atoms with Gasteiger partial charge in [-0.25, -0.2) is 4.68 Å². The fourth-order valence-corrected chi connectivity index (χ4v) is 4.55. The number of anilines is 3. The van der Waals surface area contributed by atoms with Gasteiger partial charge in [0.05, 0.1) is 24.6 Å². The van der Waals surface area contributed by atoms with Crippen LogP contribution in [0.15, 0.2) is 90.3 Å². The van der Waals surface area contributed by atoms with Crippen LogP contribution in [-0.4, -0.2) is 28.7 Å². The zero-order valence-electron chi connectivity index (χ0n) is 21.7. The molecule has 8 nitrogen and oxygen atoms in total. The van der Waals surface area contributed by atoms with Crippen LogP contribution in [0.2, 0.25) is 0 Å². The van der Waals surface area contributed by atoms with E-state index in [2.05, 4.69) is 21.0 Å². The Kier molecular flexibility index (Phi) is 6.70. The van der Waals surface area contributed by atoms with Crippen molar-refractivity contribution in [2.75, 3.05) is 23.1 Å². The number of amides is 2. The van der Waals surface area contributed by atoms with Gasteiger partial charge in [-0.05, 0) is 50.6 Å². The van der Waals surface area contributed by atoms with Gasteiger partial charge < -0.3 is 20.7 Å². The Labute approximate surface area is 221 Å². The topological polar surface area (TPSA) is 97.3 Å². The molecule has 0 spiro atoms. The van der Waals surface area contributed by atoms with Crippen molar-refractivity contribution in [2.24, 2.45) is 0 Å². The lowest BCUT2D eigenvalue weighted by atomic mass is 9.94. The minimum absolute atomic E-state index is 0.292. The molecule has 192 valence electrons. The van der Waals surface area contributed by atoms with Crippen molar-refractivity contribution in [3.63, 3.8) is 0 Å². The summed E-state index contributed by atoms with van der Waals surface area (Å²) in [5.41, 5.74) is 5.82. The number of rotatable bonds is 6. The van der Waals surface area contributed by atoms with E-state index in [0.29, 0.717) is 39.8 Å². The molecular formula is C30H29N5O3. The quantitative estimate of drug-likeness (QED) is 0.312. The Hall–Kier alpha value is -4.85. The second-order valence-corrected chi connectivity index (χ2v) is 9.30. The first-order valence-electron chi connectivity index (χ1n) is 12.3. The summed E-state index contributed by atoms with van der Waals surface area (Å²) in [7, 11) is 1.56. The average molecular weight is 508 g/mol. The normalized spacial score (nSPS) is 14.4. The highest BCUT2D eigenvalue weighted by Gasteiger charge is 2.35. The van der Waals surface area contributed by atoms with E-state index < -0.39 is 6.04 Å². The third-order valence-electron chi connectivity index (χ3n) is 6.57. The molecule has 5 rings (SSSR count). The number of hydrogen-bond donors (Lipinski definition) is 3. The SMILES string of the molecule is COc1ccccc1NC(=O)C1=C(C)Nc2c(C(=O)Nc3ccc(C)cc3)cnn2[C@H]1c1ccc(C)cc1. The molecule has 2 heterocycles. The van der Waals surface area contributed by atoms with Crippen molar-refractivity contribution in [3.05, 3.63) is 113 Å². The van der Waals surface area contributed by atoms with Crippen molar-refractivity contribution in [2.45, 2.75) is 26.8 Å². The number of carbonyl (C=O) groups is 2. The van der Waals surface area contributed by atoms with Crippen molar-refractivity contribution in [3.8, 4) is 5.75 Å². The van der Waals surface area contributed by atoms with Crippen LogP contribution in [0.3, 0.4) is 0 Å². The first kappa shape index (κ1) is 24.8. The van der Waals surface area contributed by atoms with Gasteiger partial charge in [-0.3, -0.25) is 9.59 Å². The highest BCUT2D eigenvalue weighted by molar-refractivity contribution is 6.09. The Morgan fingerprint density at radius 3 is 2.21 bits per heavy atom. The Balaban J connectivity index is 1.54. The van der Waals surface area contributed by atoms with Crippen LogP contribution in [0.5, 0.6) is 5.75 Å². The Bertz CT molecular complexity index is 1540. The number of methoxy groups -OCH3 is 1. The third-order valence-corrected chi connectivity index (χ3v) is 6.57. The molecule has 38 heavy (non-hydrogen) atoms. The summed E-state index contributed by atoms with van der Waals surface area (Å²) >= 11 is 0. The molecule has 2 amide bonds. The summed E-state index contributed by atoms with van der Waals surface area (Å²) in [5.74, 6) is 0.494. The lowest BCUT2D eigenvalue weighted by Gasteiger charge is -2.30. The molecule has 1 aromatic heterocycles. The van der Waals surface area contributed by atoms with Crippen molar-refractivity contribution < 1.29 is 14.3 Å². The molecule has 1 aliphatic heterocycles. The lowest BCUT2D eigenvalue weighted by molar-refractivity contribution is -0.113. The fourth-order valence-electron chi connectivity index (χ4n) is 4.55. The number of aromatic nitrogens is 2. The first-order chi connectivity index (χ1) is 18.4. The van der Waals surface area contributed by atoms with Gasteiger partial charge in [-0.2, -0.15) is 5.10 Å². The van der Waals surface area contributed by atoms with E-state index in [0.717, 1.165) is 16.7 Å². The number of nitrogens with one attached hydrogen (secondary N) is 3. The number of carbonyl (C=O) groups excluding carboxylic acids is 2. The average Bonchev–Trinajstić information content (AvgIpc) is 3.33. The maximum absolute atomic E-state index is 13.7. The highest BCUT2D eigenvalue weighted by atomic mass is 16.5. The van der Waals surface area contributed by atoms with Gasteiger partial charge in [0.2, 0.25) is 0 Å². The third kappa shape index (κ3) is 4.76. The van der Waals surface area contributed by atoms with Crippen LogP contribution in [0, 0.1) is 13.8 Å². The van der Waals surface area contributed by atoms with E-state index in [-0.39, 0.29) is 11.8 Å². The number of aryl methyl sites for hydroxylation is 2. The number of benzene rings is 3. The summed E-state index contributed by atoms with van der Waals surface area (Å²) in [6.07, 6.45) is 1.53. The fraction of sp³-hybridized carbons (Fsp3) is 0.167. The van der Waals surface area contributed by atoms with Crippen LogP contribution in [0.25, 0.3) is 0 Å². The lowest BCUT2D eigenvalue weighted by Crippen LogP contribution is -2.32. The molecule has 0 unspecified atom stereocenters. The predicted octanol–water partition coefficient (Wildman–Crippen LogP) is 5.69. The number of hydrogen-bond acceptors (Lipinski definition) is 5. The van der Waals surface area contributed by atoms with Crippen molar-refractivity contribution in [1.82, 2.24) is 9.78 Å². The van der Waals surface area contributed by atoms with E-state index in [1.54, 1.807) is 23.9 Å². The van der Waals surface area contributed by atoms with E-state index in [4.69, 9.17) is 4.74 Å². The molecule has 8 heteroatoms. The van der Waals surface area contributed by atoms with Gasteiger partial charge in [0.1, 0.15) is 23.2 Å². The maximum atomic E-state index is 13.7. The second-order valence-electron chi connectivity index (χ2n) is 9.30. The van der Waals surface area contributed by atoms with Crippen molar-refractivity contribution in [1.29, 1.82) is 0 Å². The number of fused-ring (bicyclic) bond motifs is 1. The zero-order valence-corrected chi connectivity index (χ0v) is 21.7. The molecule has 0 saturated heterocycles. The Morgan fingerprint density at radius 2 is 1.53 bits per heavy atom. The monoisotopic (exact) mass is 507 g/mol. The molecule has 1 atom stereocenters. The van der Waals surface area contributed by atoms with Gasteiger partial charge >= 0.3 is 0 Å². The number of ether oxygens (including phenoxy) is 1. The largest absolute Gasteiger partial charge is 0.495 e. The molecule has 0 radical (unpaired) electrons. The molecule has 0 saturated carbocycles. The van der Waals surface area contributed by atoms with Crippen LogP contribution >= 0.6 is 0 Å². The van der Waals surface area contributed by atoms with Gasteiger partial charge in [0, 0.05) is 11.4 Å². The number of para-hydroxylation sites is 2. The van der Waals surface area contributed by atoms with E-state index in [1.165, 1.54) is 6.20 Å². The molecule has 3 aromatic carbocycles. The minimum atomic E-state index is -0.553. The standard InChI is InChI=1S/C30H29N5O3/c1-18-9-13-21(14-10-18)27-26(30(37)34-24-7-5-6-8-25(24)38-4)20(3)32-28-23(17-31-35(27)28)29(36)33-22-15-11-19(2)12-16-22/h5-17,27,32H,1-4H3,(H,33,36)(H,34,37)/t27-/m0/s1. The smallest absolute Gasteiger partial charge is 0.261 e. The molecule has 3 N–H and O–H groups in total. The van der Waals surface area contributed by atoms with Gasteiger partial charge in [0.15, 0.2) is 0 Å².